The Morgan fingerprint density at radius 1 is 1.18 bits per heavy atom. The van der Waals surface area contributed by atoms with Gasteiger partial charge in [0.2, 0.25) is 10.0 Å². The Balaban J connectivity index is 1.98. The van der Waals surface area contributed by atoms with Crippen LogP contribution in [0.15, 0.2) is 54.9 Å². The SMILES string of the molecule is CCS(=O)(=O)NC=COC(=O)Nc1cccc2ccccc12. The normalized spacial score (nSPS) is 11.5. The van der Waals surface area contributed by atoms with Crippen LogP contribution >= 0.6 is 0 Å². The number of benzene rings is 2. The first kappa shape index (κ1) is 15.8. The summed E-state index contributed by atoms with van der Waals surface area (Å²) in [6, 6.07) is 13.1. The molecule has 0 aliphatic rings. The minimum Gasteiger partial charge on any atom is -0.416 e. The van der Waals surface area contributed by atoms with E-state index >= 15 is 0 Å². The maximum absolute atomic E-state index is 11.7. The highest BCUT2D eigenvalue weighted by Crippen LogP contribution is 2.22. The summed E-state index contributed by atoms with van der Waals surface area (Å²) in [6.07, 6.45) is 1.33. The van der Waals surface area contributed by atoms with Crippen LogP contribution in [-0.2, 0) is 14.8 Å². The van der Waals surface area contributed by atoms with Crippen molar-refractivity contribution in [2.75, 3.05) is 11.1 Å². The fourth-order valence-corrected chi connectivity index (χ4v) is 2.21. The van der Waals surface area contributed by atoms with Crippen LogP contribution in [0.3, 0.4) is 0 Å². The predicted octanol–water partition coefficient (Wildman–Crippen LogP) is 2.80. The standard InChI is InChI=1S/C15H16N2O4S/c1-2-22(19,20)16-10-11-21-15(18)17-14-9-5-7-12-6-3-4-8-13(12)14/h3-11,16H,2H2,1H3,(H,17,18). The summed E-state index contributed by atoms with van der Waals surface area (Å²) in [5, 5.41) is 4.49. The predicted molar refractivity (Wildman–Crippen MR) is 85.8 cm³/mol. The molecule has 0 aromatic heterocycles. The minimum atomic E-state index is -3.35. The summed E-state index contributed by atoms with van der Waals surface area (Å²) < 4.78 is 29.2. The summed E-state index contributed by atoms with van der Waals surface area (Å²) in [5.41, 5.74) is 0.616. The fraction of sp³-hybridized carbons (Fsp3) is 0.133. The van der Waals surface area contributed by atoms with Crippen LogP contribution in [0.4, 0.5) is 10.5 Å². The van der Waals surface area contributed by atoms with E-state index in [-0.39, 0.29) is 5.75 Å². The monoisotopic (exact) mass is 320 g/mol. The van der Waals surface area contributed by atoms with Gasteiger partial charge in [0.15, 0.2) is 0 Å². The van der Waals surface area contributed by atoms with E-state index in [0.717, 1.165) is 23.2 Å². The van der Waals surface area contributed by atoms with Crippen LogP contribution in [-0.4, -0.2) is 20.3 Å². The van der Waals surface area contributed by atoms with E-state index in [0.29, 0.717) is 5.69 Å². The van der Waals surface area contributed by atoms with Gasteiger partial charge in [0.1, 0.15) is 6.26 Å². The molecule has 0 saturated carbocycles. The van der Waals surface area contributed by atoms with Crippen molar-refractivity contribution in [3.8, 4) is 0 Å². The van der Waals surface area contributed by atoms with Gasteiger partial charge in [0.05, 0.1) is 11.4 Å². The van der Waals surface area contributed by atoms with E-state index in [9.17, 15) is 13.2 Å². The van der Waals surface area contributed by atoms with Crippen LogP contribution in [0, 0.1) is 0 Å². The molecule has 0 aliphatic carbocycles. The number of anilines is 1. The molecule has 2 N–H and O–H groups in total. The number of ether oxygens (including phenoxy) is 1. The maximum atomic E-state index is 11.7. The molecule has 0 aliphatic heterocycles. The summed E-state index contributed by atoms with van der Waals surface area (Å²) >= 11 is 0. The second kappa shape index (κ2) is 6.95. The van der Waals surface area contributed by atoms with Crippen molar-refractivity contribution in [1.29, 1.82) is 0 Å². The van der Waals surface area contributed by atoms with Crippen LogP contribution < -0.4 is 10.0 Å². The molecule has 2 aromatic carbocycles. The number of carbonyl (C=O) groups is 1. The molecule has 2 rings (SSSR count). The van der Waals surface area contributed by atoms with Gasteiger partial charge in [-0.05, 0) is 18.4 Å². The zero-order valence-electron chi connectivity index (χ0n) is 11.9. The first-order valence-corrected chi connectivity index (χ1v) is 8.27. The molecule has 0 unspecified atom stereocenters. The van der Waals surface area contributed by atoms with Gasteiger partial charge in [0, 0.05) is 11.6 Å². The number of nitrogens with one attached hydrogen (secondary N) is 2. The highest BCUT2D eigenvalue weighted by molar-refractivity contribution is 7.89. The van der Waals surface area contributed by atoms with Crippen molar-refractivity contribution in [1.82, 2.24) is 4.72 Å². The Morgan fingerprint density at radius 2 is 1.91 bits per heavy atom. The molecule has 0 spiro atoms. The first-order chi connectivity index (χ1) is 10.5. The third kappa shape index (κ3) is 4.23. The van der Waals surface area contributed by atoms with E-state index in [4.69, 9.17) is 4.74 Å². The van der Waals surface area contributed by atoms with Crippen LogP contribution in [0.2, 0.25) is 0 Å². The van der Waals surface area contributed by atoms with Crippen molar-refractivity contribution in [2.45, 2.75) is 6.92 Å². The quantitative estimate of drug-likeness (QED) is 0.830. The molecule has 0 heterocycles. The van der Waals surface area contributed by atoms with E-state index < -0.39 is 16.1 Å². The molecule has 6 nitrogen and oxygen atoms in total. The van der Waals surface area contributed by atoms with Gasteiger partial charge >= 0.3 is 6.09 Å². The lowest BCUT2D eigenvalue weighted by Gasteiger charge is -2.07. The van der Waals surface area contributed by atoms with Crippen molar-refractivity contribution in [3.63, 3.8) is 0 Å². The number of hydrogen-bond donors (Lipinski definition) is 2. The molecule has 116 valence electrons. The average Bonchev–Trinajstić information content (AvgIpc) is 2.52. The lowest BCUT2D eigenvalue weighted by molar-refractivity contribution is 0.200. The second-order valence-electron chi connectivity index (χ2n) is 4.38. The van der Waals surface area contributed by atoms with Gasteiger partial charge in [-0.2, -0.15) is 0 Å². The summed E-state index contributed by atoms with van der Waals surface area (Å²) in [6.45, 7) is 1.50. The number of rotatable bonds is 5. The lowest BCUT2D eigenvalue weighted by atomic mass is 10.1. The smallest absolute Gasteiger partial charge is 0.416 e. The number of carbonyl (C=O) groups excluding carboxylic acids is 1. The fourth-order valence-electron chi connectivity index (χ4n) is 1.78. The number of amides is 1. The molecule has 0 bridgehead atoms. The van der Waals surface area contributed by atoms with Gasteiger partial charge in [-0.25, -0.2) is 13.2 Å². The Hall–Kier alpha value is -2.54. The molecule has 7 heteroatoms. The molecule has 0 saturated heterocycles. The van der Waals surface area contributed by atoms with E-state index in [1.54, 1.807) is 6.07 Å². The molecule has 1 amide bonds. The Labute approximate surface area is 128 Å². The summed E-state index contributed by atoms with van der Waals surface area (Å²) in [7, 11) is -3.35. The highest BCUT2D eigenvalue weighted by Gasteiger charge is 2.05. The van der Waals surface area contributed by atoms with Crippen LogP contribution in [0.1, 0.15) is 6.92 Å². The first-order valence-electron chi connectivity index (χ1n) is 6.62. The number of hydrogen-bond acceptors (Lipinski definition) is 4. The maximum Gasteiger partial charge on any atom is 0.416 e. The zero-order chi connectivity index (χ0) is 16.0. The molecule has 22 heavy (non-hydrogen) atoms. The molecule has 0 atom stereocenters. The average molecular weight is 320 g/mol. The third-order valence-electron chi connectivity index (χ3n) is 2.90. The molecular formula is C15H16N2O4S. The second-order valence-corrected chi connectivity index (χ2v) is 6.42. The topological polar surface area (TPSA) is 84.5 Å². The summed E-state index contributed by atoms with van der Waals surface area (Å²) in [4.78, 5) is 11.7. The van der Waals surface area contributed by atoms with Gasteiger partial charge in [-0.1, -0.05) is 36.4 Å². The zero-order valence-corrected chi connectivity index (χ0v) is 12.8. The molecule has 0 fully saturated rings. The Bertz CT molecular complexity index is 795. The van der Waals surface area contributed by atoms with Crippen molar-refractivity contribution in [3.05, 3.63) is 54.9 Å². The largest absolute Gasteiger partial charge is 0.416 e. The van der Waals surface area contributed by atoms with Crippen molar-refractivity contribution < 1.29 is 17.9 Å². The van der Waals surface area contributed by atoms with E-state index in [2.05, 4.69) is 10.0 Å². The molecule has 2 aromatic rings. The third-order valence-corrected chi connectivity index (χ3v) is 4.15. The van der Waals surface area contributed by atoms with Crippen molar-refractivity contribution >= 4 is 32.6 Å². The van der Waals surface area contributed by atoms with E-state index in [1.165, 1.54) is 6.92 Å². The van der Waals surface area contributed by atoms with Crippen molar-refractivity contribution in [2.24, 2.45) is 0 Å². The minimum absolute atomic E-state index is 0.0560. The molecule has 0 radical (unpaired) electrons. The lowest BCUT2D eigenvalue weighted by Crippen LogP contribution is -2.20. The molecular weight excluding hydrogens is 304 g/mol. The van der Waals surface area contributed by atoms with Crippen LogP contribution in [0.5, 0.6) is 0 Å². The Morgan fingerprint density at radius 3 is 2.68 bits per heavy atom. The van der Waals surface area contributed by atoms with Crippen LogP contribution in [0.25, 0.3) is 10.8 Å². The van der Waals surface area contributed by atoms with Gasteiger partial charge in [0.25, 0.3) is 0 Å². The van der Waals surface area contributed by atoms with Gasteiger partial charge in [-0.3, -0.25) is 10.0 Å². The van der Waals surface area contributed by atoms with Gasteiger partial charge in [-0.15, -0.1) is 0 Å². The summed E-state index contributed by atoms with van der Waals surface area (Å²) in [5.74, 6) is -0.0560. The van der Waals surface area contributed by atoms with E-state index in [1.807, 2.05) is 36.4 Å². The Kier molecular flexibility index (Phi) is 5.00. The van der Waals surface area contributed by atoms with Gasteiger partial charge < -0.3 is 4.74 Å². The number of sulfonamides is 1. The number of fused-ring (bicyclic) bond motifs is 1. The highest BCUT2D eigenvalue weighted by atomic mass is 32.2.